The van der Waals surface area contributed by atoms with E-state index in [-0.39, 0.29) is 33.5 Å². The number of carbonyl (C=O) groups is 1. The molecular weight excluding hydrogens is 446 g/mol. The summed E-state index contributed by atoms with van der Waals surface area (Å²) in [5, 5.41) is 12.6. The van der Waals surface area contributed by atoms with Gasteiger partial charge in [-0.05, 0) is 17.7 Å². The van der Waals surface area contributed by atoms with E-state index in [1.807, 2.05) is 68.8 Å². The molecule has 2 N–H and O–H groups in total. The molecule has 118 valence electrons. The predicted molar refractivity (Wildman–Crippen MR) is 85.8 cm³/mol. The van der Waals surface area contributed by atoms with Gasteiger partial charge in [0.25, 0.3) is 5.91 Å². The smallest absolute Gasteiger partial charge is 0.251 e. The minimum atomic E-state index is -0.682. The third-order valence-corrected chi connectivity index (χ3v) is 2.68. The van der Waals surface area contributed by atoms with Gasteiger partial charge in [0.2, 0.25) is 0 Å². The maximum atomic E-state index is 11.8. The Kier molecular flexibility index (Phi) is 11.3. The van der Waals surface area contributed by atoms with E-state index in [1.54, 1.807) is 12.1 Å². The van der Waals surface area contributed by atoms with E-state index in [2.05, 4.69) is 5.32 Å². The summed E-state index contributed by atoms with van der Waals surface area (Å²) in [5.41, 5.74) is 1.39. The molecule has 4 heteroatoms. The Hall–Kier alpha value is -1.44. The molecule has 22 heavy (non-hydrogen) atoms. The third kappa shape index (κ3) is 7.53. The molecule has 2 aromatic rings. The van der Waals surface area contributed by atoms with Crippen molar-refractivity contribution in [3.05, 3.63) is 78.2 Å². The monoisotopic (exact) mass is 468 g/mol. The summed E-state index contributed by atoms with van der Waals surface area (Å²) in [6.07, 6.45) is 1.32. The molecule has 0 bridgehead atoms. The van der Waals surface area contributed by atoms with Gasteiger partial charge in [-0.25, -0.2) is 0 Å². The van der Waals surface area contributed by atoms with E-state index in [1.165, 1.54) is 0 Å². The van der Waals surface area contributed by atoms with Gasteiger partial charge in [0.15, 0.2) is 0 Å². The first-order valence-corrected chi connectivity index (χ1v) is 6.99. The molecule has 0 aliphatic heterocycles. The molecule has 0 saturated carbocycles. The van der Waals surface area contributed by atoms with Crippen LogP contribution in [0.25, 0.3) is 0 Å². The van der Waals surface area contributed by atoms with E-state index < -0.39 is 6.10 Å². The van der Waals surface area contributed by atoms with E-state index in [4.69, 9.17) is 0 Å². The maximum absolute atomic E-state index is 11.8. The molecule has 0 heterocycles. The first-order valence-electron chi connectivity index (χ1n) is 6.99. The Morgan fingerprint density at radius 1 is 1.05 bits per heavy atom. The first kappa shape index (κ1) is 20.6. The normalized spacial score (nSPS) is 10.5. The zero-order chi connectivity index (χ0) is 15.5. The van der Waals surface area contributed by atoms with Crippen LogP contribution in [0.1, 0.15) is 35.9 Å². The molecule has 2 rings (SSSR count). The minimum Gasteiger partial charge on any atom is -0.387 e. The van der Waals surface area contributed by atoms with Crippen LogP contribution in [0.5, 0.6) is 0 Å². The summed E-state index contributed by atoms with van der Waals surface area (Å²) in [6, 6.07) is 18.2. The van der Waals surface area contributed by atoms with Crippen LogP contribution in [-0.4, -0.2) is 17.6 Å². The van der Waals surface area contributed by atoms with Crippen LogP contribution in [0, 0.1) is 6.42 Å². The maximum Gasteiger partial charge on any atom is 0.251 e. The summed E-state index contributed by atoms with van der Waals surface area (Å²) in [6.45, 7) is 4.21. The van der Waals surface area contributed by atoms with Crippen molar-refractivity contribution >= 4 is 5.91 Å². The van der Waals surface area contributed by atoms with Crippen molar-refractivity contribution in [1.29, 1.82) is 0 Å². The van der Waals surface area contributed by atoms with Crippen LogP contribution in [0.15, 0.2) is 60.7 Å². The molecular formula is C18H22NO2W-. The van der Waals surface area contributed by atoms with Gasteiger partial charge < -0.3 is 16.8 Å². The Bertz CT molecular complexity index is 517. The molecule has 0 spiro atoms. The van der Waals surface area contributed by atoms with Crippen LogP contribution < -0.4 is 5.32 Å². The summed E-state index contributed by atoms with van der Waals surface area (Å²) >= 11 is 0. The Labute approximate surface area is 147 Å². The predicted octanol–water partition coefficient (Wildman–Crippen LogP) is 3.38. The van der Waals surface area contributed by atoms with Gasteiger partial charge in [0, 0.05) is 33.2 Å². The van der Waals surface area contributed by atoms with Gasteiger partial charge in [0.1, 0.15) is 0 Å². The van der Waals surface area contributed by atoms with E-state index in [0.29, 0.717) is 5.56 Å². The second kappa shape index (κ2) is 12.1. The van der Waals surface area contributed by atoms with Crippen molar-refractivity contribution in [3.8, 4) is 0 Å². The van der Waals surface area contributed by atoms with Crippen molar-refractivity contribution in [1.82, 2.24) is 5.32 Å². The number of aliphatic hydroxyl groups excluding tert-OH is 1. The van der Waals surface area contributed by atoms with Gasteiger partial charge in [0.05, 0.1) is 6.10 Å². The standard InChI is InChI=1S/C15H15NO2.C3H7.W/c17-14(12-7-3-1-4-8-12)11-16-15(18)13-9-5-2-6-10-13;1-3-2;/h1-10,14,17H,11H2,(H,16,18);3H,1-2H3;/q;-1;. The molecule has 0 fully saturated rings. The molecule has 1 unspecified atom stereocenters. The first-order chi connectivity index (χ1) is 10.2. The number of nitrogens with one attached hydrogen (secondary N) is 1. The van der Waals surface area contributed by atoms with E-state index >= 15 is 0 Å². The molecule has 1 atom stereocenters. The third-order valence-electron chi connectivity index (χ3n) is 2.68. The van der Waals surface area contributed by atoms with Crippen molar-refractivity contribution in [2.24, 2.45) is 0 Å². The quantitative estimate of drug-likeness (QED) is 0.677. The van der Waals surface area contributed by atoms with Gasteiger partial charge in [-0.2, -0.15) is 13.8 Å². The zero-order valence-corrected chi connectivity index (χ0v) is 15.8. The average molecular weight is 468 g/mol. The Morgan fingerprint density at radius 3 is 2.00 bits per heavy atom. The molecule has 0 aliphatic rings. The number of benzene rings is 2. The fraction of sp³-hybridized carbons (Fsp3) is 0.222. The molecule has 0 aliphatic carbocycles. The van der Waals surface area contributed by atoms with Crippen molar-refractivity contribution in [3.63, 3.8) is 0 Å². The zero-order valence-electron chi connectivity index (χ0n) is 12.9. The van der Waals surface area contributed by atoms with Gasteiger partial charge >= 0.3 is 0 Å². The van der Waals surface area contributed by atoms with Crippen LogP contribution in [0.3, 0.4) is 0 Å². The molecule has 3 nitrogen and oxygen atoms in total. The van der Waals surface area contributed by atoms with Crippen LogP contribution in [0.4, 0.5) is 0 Å². The van der Waals surface area contributed by atoms with Crippen LogP contribution in [0.2, 0.25) is 0 Å². The summed E-state index contributed by atoms with van der Waals surface area (Å²) in [7, 11) is 0. The summed E-state index contributed by atoms with van der Waals surface area (Å²) in [4.78, 5) is 11.8. The molecule has 0 radical (unpaired) electrons. The summed E-state index contributed by atoms with van der Waals surface area (Å²) in [5.74, 6) is -0.175. The van der Waals surface area contributed by atoms with Crippen molar-refractivity contribution in [2.75, 3.05) is 6.54 Å². The van der Waals surface area contributed by atoms with Gasteiger partial charge in [-0.1, -0.05) is 48.5 Å². The fourth-order valence-corrected chi connectivity index (χ4v) is 1.67. The number of carbonyl (C=O) groups excluding carboxylic acids is 1. The Morgan fingerprint density at radius 2 is 1.50 bits per heavy atom. The fourth-order valence-electron chi connectivity index (χ4n) is 1.67. The average Bonchev–Trinajstić information content (AvgIpc) is 2.54. The molecule has 2 aromatic carbocycles. The minimum absolute atomic E-state index is 0. The second-order valence-corrected chi connectivity index (χ2v) is 4.58. The van der Waals surface area contributed by atoms with Crippen LogP contribution in [-0.2, 0) is 21.1 Å². The van der Waals surface area contributed by atoms with Crippen molar-refractivity contribution in [2.45, 2.75) is 20.0 Å². The number of hydrogen-bond acceptors (Lipinski definition) is 2. The number of aliphatic hydroxyl groups is 1. The Balaban J connectivity index is 0.00000102. The summed E-state index contributed by atoms with van der Waals surface area (Å²) < 4.78 is 0. The molecule has 1 amide bonds. The number of rotatable bonds is 4. The SMILES string of the molecule is C[CH-]C.O=C(NCC(O)c1ccccc1)c1ccccc1.[W]. The van der Waals surface area contributed by atoms with Gasteiger partial charge in [-0.3, -0.25) is 4.79 Å². The van der Waals surface area contributed by atoms with Crippen molar-refractivity contribution < 1.29 is 31.0 Å². The molecule has 0 saturated heterocycles. The number of amides is 1. The topological polar surface area (TPSA) is 49.3 Å². The van der Waals surface area contributed by atoms with E-state index in [9.17, 15) is 9.90 Å². The van der Waals surface area contributed by atoms with E-state index in [0.717, 1.165) is 5.56 Å². The molecule has 0 aromatic heterocycles. The van der Waals surface area contributed by atoms with Crippen LogP contribution >= 0.6 is 0 Å². The largest absolute Gasteiger partial charge is 0.387 e. The second-order valence-electron chi connectivity index (χ2n) is 4.58. The number of hydrogen-bond donors (Lipinski definition) is 2. The van der Waals surface area contributed by atoms with Gasteiger partial charge in [-0.15, -0.1) is 0 Å².